The van der Waals surface area contributed by atoms with Crippen molar-refractivity contribution in [2.45, 2.75) is 111 Å². The van der Waals surface area contributed by atoms with E-state index in [-0.39, 0.29) is 6.61 Å². The minimum Gasteiger partial charge on any atom is -0.458 e. The highest BCUT2D eigenvalue weighted by Crippen LogP contribution is 2.37. The number of hydrogen-bond acceptors (Lipinski definition) is 13. The van der Waals surface area contributed by atoms with Gasteiger partial charge in [-0.05, 0) is 62.5 Å². The van der Waals surface area contributed by atoms with Crippen molar-refractivity contribution in [3.8, 4) is 0 Å². The zero-order chi connectivity index (χ0) is 40.9. The number of carbonyl (C=O) groups is 6. The molecule has 0 spiro atoms. The third-order valence-electron chi connectivity index (χ3n) is 8.45. The number of ether oxygens (including phenoxy) is 6. The third-order valence-corrected chi connectivity index (χ3v) is 13.6. The van der Waals surface area contributed by atoms with Crippen LogP contribution in [0.5, 0.6) is 0 Å². The molecule has 0 unspecified atom stereocenters. The fourth-order valence-electron chi connectivity index (χ4n) is 5.44. The van der Waals surface area contributed by atoms with Gasteiger partial charge in [-0.2, -0.15) is 0 Å². The Morgan fingerprint density at radius 1 is 0.455 bits per heavy atom. The van der Waals surface area contributed by atoms with Crippen LogP contribution < -0.4 is 10.4 Å². The topological polar surface area (TPSA) is 167 Å². The molecule has 0 bridgehead atoms. The Morgan fingerprint density at radius 2 is 0.745 bits per heavy atom. The van der Waals surface area contributed by atoms with Crippen molar-refractivity contribution in [2.75, 3.05) is 0 Å². The number of rotatable bonds is 17. The molecule has 13 nitrogen and oxygen atoms in total. The number of carbonyl (C=O) groups excluding carboxylic acids is 6. The molecule has 0 amide bonds. The fraction of sp³-hybridized carbons (Fsp3) is 0.415. The fourth-order valence-corrected chi connectivity index (χ4v) is 10.1. The summed E-state index contributed by atoms with van der Waals surface area (Å²) in [7, 11) is -3.12. The van der Waals surface area contributed by atoms with Crippen LogP contribution in [0.1, 0.15) is 67.9 Å². The predicted octanol–water partition coefficient (Wildman–Crippen LogP) is 4.35. The lowest BCUT2D eigenvalue weighted by molar-refractivity contribution is -0.187. The summed E-state index contributed by atoms with van der Waals surface area (Å²) < 4.78 is 37.7. The molecule has 55 heavy (non-hydrogen) atoms. The lowest BCUT2D eigenvalue weighted by Gasteiger charge is -2.44. The first-order valence-corrected chi connectivity index (χ1v) is 19.8. The zero-order valence-corrected chi connectivity index (χ0v) is 33.6. The first-order chi connectivity index (χ1) is 25.9. The van der Waals surface area contributed by atoms with E-state index in [1.807, 2.05) is 66.7 Å². The average Bonchev–Trinajstić information content (AvgIpc) is 3.16. The summed E-state index contributed by atoms with van der Waals surface area (Å²) in [6, 6.07) is 28.3. The molecule has 0 aromatic heterocycles. The third kappa shape index (κ3) is 12.1. The van der Waals surface area contributed by atoms with E-state index in [0.29, 0.717) is 0 Å². The normalized spacial score (nSPS) is 14.8. The summed E-state index contributed by atoms with van der Waals surface area (Å²) in [6.45, 7) is 13.9. The summed E-state index contributed by atoms with van der Waals surface area (Å²) in [5.41, 5.74) is 0.741. The second-order valence-corrected chi connectivity index (χ2v) is 18.2. The molecule has 3 aromatic rings. The smallest absolute Gasteiger partial charge is 0.347 e. The first-order valence-electron chi connectivity index (χ1n) is 17.9. The molecule has 0 aliphatic carbocycles. The molecular weight excluding hydrogens is 729 g/mol. The molecular formula is C41H50O13Si. The molecule has 3 aromatic carbocycles. The summed E-state index contributed by atoms with van der Waals surface area (Å²) in [6.07, 6.45) is -8.31. The summed E-state index contributed by atoms with van der Waals surface area (Å²) in [5, 5.41) is 1.48. The zero-order valence-electron chi connectivity index (χ0n) is 32.6. The van der Waals surface area contributed by atoms with Gasteiger partial charge in [0.05, 0.1) is 0 Å². The molecule has 0 aliphatic heterocycles. The van der Waals surface area contributed by atoms with Crippen LogP contribution in [-0.4, -0.2) is 80.8 Å². The Kier molecular flexibility index (Phi) is 15.9. The van der Waals surface area contributed by atoms with Gasteiger partial charge in [-0.15, -0.1) is 0 Å². The summed E-state index contributed by atoms with van der Waals surface area (Å²) in [4.78, 5) is 76.2. The second-order valence-electron chi connectivity index (χ2n) is 13.9. The van der Waals surface area contributed by atoms with Gasteiger partial charge in [-0.3, -0.25) is 0 Å². The Morgan fingerprint density at radius 3 is 1.07 bits per heavy atom. The highest BCUT2D eigenvalue weighted by molar-refractivity contribution is 6.99. The van der Waals surface area contributed by atoms with Crippen LogP contribution in [0.2, 0.25) is 5.04 Å². The molecule has 3 rings (SSSR count). The van der Waals surface area contributed by atoms with Gasteiger partial charge in [0.2, 0.25) is 0 Å². The second kappa shape index (κ2) is 19.8. The predicted molar refractivity (Wildman–Crippen MR) is 202 cm³/mol. The van der Waals surface area contributed by atoms with Crippen molar-refractivity contribution in [3.05, 3.63) is 96.6 Å². The maximum absolute atomic E-state index is 13.3. The van der Waals surface area contributed by atoms with Crippen LogP contribution in [0.15, 0.2) is 91.0 Å². The molecule has 296 valence electrons. The van der Waals surface area contributed by atoms with E-state index < -0.39 is 85.8 Å². The monoisotopic (exact) mass is 778 g/mol. The minimum atomic E-state index is -3.12. The number of benzene rings is 3. The Bertz CT molecular complexity index is 1720. The van der Waals surface area contributed by atoms with Crippen LogP contribution in [0.3, 0.4) is 0 Å². The quantitative estimate of drug-likeness (QED) is 0.108. The van der Waals surface area contributed by atoms with Crippen LogP contribution in [0.25, 0.3) is 0 Å². The summed E-state index contributed by atoms with van der Waals surface area (Å²) >= 11 is 0. The molecule has 0 radical (unpaired) electrons. The molecule has 0 saturated carbocycles. The lowest BCUT2D eigenvalue weighted by atomic mass is 10.2. The molecule has 6 atom stereocenters. The van der Waals surface area contributed by atoms with E-state index in [1.54, 1.807) is 31.2 Å². The maximum Gasteiger partial charge on any atom is 0.347 e. The van der Waals surface area contributed by atoms with Crippen molar-refractivity contribution in [3.63, 3.8) is 0 Å². The van der Waals surface area contributed by atoms with Crippen LogP contribution in [-0.2, 0) is 68.2 Å². The summed E-state index contributed by atoms with van der Waals surface area (Å²) in [5.74, 6) is -5.90. The molecule has 0 saturated heterocycles. The van der Waals surface area contributed by atoms with Gasteiger partial charge in [-0.1, -0.05) is 112 Å². The molecule has 0 heterocycles. The lowest BCUT2D eigenvalue weighted by Crippen LogP contribution is -2.68. The van der Waals surface area contributed by atoms with E-state index in [9.17, 15) is 28.8 Å². The minimum absolute atomic E-state index is 0.0230. The maximum atomic E-state index is 13.3. The molecule has 14 heteroatoms. The Labute approximate surface area is 322 Å². The molecule has 0 fully saturated rings. The van der Waals surface area contributed by atoms with E-state index in [1.165, 1.54) is 34.6 Å². The van der Waals surface area contributed by atoms with Crippen LogP contribution in [0.4, 0.5) is 0 Å². The molecule has 0 aliphatic rings. The van der Waals surface area contributed by atoms with Crippen molar-refractivity contribution in [2.24, 2.45) is 0 Å². The van der Waals surface area contributed by atoms with Gasteiger partial charge in [0.1, 0.15) is 12.7 Å². The van der Waals surface area contributed by atoms with Crippen molar-refractivity contribution in [1.29, 1.82) is 0 Å². The number of hydrogen-bond donors (Lipinski definition) is 0. The first kappa shape index (κ1) is 44.1. The van der Waals surface area contributed by atoms with Gasteiger partial charge < -0.3 is 32.8 Å². The highest BCUT2D eigenvalue weighted by Gasteiger charge is 2.52. The number of esters is 6. The SMILES string of the molecule is C[C@H](OC(=O)[C@H](C)OC(=O)[C@H](C)OC(=O)[C@H](C)OC(=O)[C@H](C)OC(=O)[C@H](C)O[Si](c1ccccc1)(c1ccccc1)C(C)(C)C)C(=O)OCc1ccccc1. The Hall–Kier alpha value is -5.34. The van der Waals surface area contributed by atoms with Gasteiger partial charge in [0.25, 0.3) is 8.32 Å². The van der Waals surface area contributed by atoms with Gasteiger partial charge in [0.15, 0.2) is 30.5 Å². The largest absolute Gasteiger partial charge is 0.458 e. The van der Waals surface area contributed by atoms with E-state index >= 15 is 0 Å². The standard InChI is InChI=1S/C41H50O13Si/c1-26(35(42)48-25-32-19-13-10-14-20-32)49-36(43)27(2)50-37(44)28(3)51-38(45)29(4)52-39(46)30(5)53-40(47)31(6)54-55(41(7,8)9,33-21-15-11-16-22-33)34-23-17-12-18-24-34/h10-24,26-31H,25H2,1-9H3/t26-,27-,28-,29-,30-,31-/m0/s1. The van der Waals surface area contributed by atoms with E-state index in [0.717, 1.165) is 15.9 Å². The van der Waals surface area contributed by atoms with Gasteiger partial charge in [0, 0.05) is 0 Å². The van der Waals surface area contributed by atoms with Crippen molar-refractivity contribution in [1.82, 2.24) is 0 Å². The average molecular weight is 779 g/mol. The molecule has 0 N–H and O–H groups in total. The highest BCUT2D eigenvalue weighted by atomic mass is 28.4. The van der Waals surface area contributed by atoms with E-state index in [2.05, 4.69) is 20.8 Å². The van der Waals surface area contributed by atoms with Crippen LogP contribution >= 0.6 is 0 Å². The van der Waals surface area contributed by atoms with E-state index in [4.69, 9.17) is 32.8 Å². The van der Waals surface area contributed by atoms with Crippen LogP contribution in [0, 0.1) is 0 Å². The van der Waals surface area contributed by atoms with Gasteiger partial charge >= 0.3 is 35.8 Å². The van der Waals surface area contributed by atoms with Crippen molar-refractivity contribution < 1.29 is 61.6 Å². The van der Waals surface area contributed by atoms with Crippen molar-refractivity contribution >= 4 is 54.5 Å². The van der Waals surface area contributed by atoms with Gasteiger partial charge in [-0.25, -0.2) is 28.8 Å². The Balaban J connectivity index is 1.51.